The van der Waals surface area contributed by atoms with Crippen molar-refractivity contribution in [3.8, 4) is 6.07 Å². The SMILES string of the molecule is N#Cc1cc(N2CC3CCC2C3)ccc1C(F)(F)F. The Kier molecular flexibility index (Phi) is 2.70. The summed E-state index contributed by atoms with van der Waals surface area (Å²) in [7, 11) is 0. The van der Waals surface area contributed by atoms with Crippen LogP contribution in [0.25, 0.3) is 0 Å². The first kappa shape index (κ1) is 12.3. The van der Waals surface area contributed by atoms with E-state index in [4.69, 9.17) is 5.26 Å². The molecular weight excluding hydrogens is 253 g/mol. The average molecular weight is 266 g/mol. The van der Waals surface area contributed by atoms with Crippen molar-refractivity contribution in [3.63, 3.8) is 0 Å². The molecule has 1 aromatic carbocycles. The third-order valence-corrected chi connectivity index (χ3v) is 4.17. The maximum absolute atomic E-state index is 12.7. The fraction of sp³-hybridized carbons (Fsp3) is 0.500. The molecule has 2 atom stereocenters. The largest absolute Gasteiger partial charge is 0.417 e. The number of benzene rings is 1. The van der Waals surface area contributed by atoms with Gasteiger partial charge >= 0.3 is 6.18 Å². The number of piperidine rings is 1. The van der Waals surface area contributed by atoms with Crippen molar-refractivity contribution in [2.45, 2.75) is 31.5 Å². The molecule has 0 amide bonds. The van der Waals surface area contributed by atoms with Crippen LogP contribution in [-0.2, 0) is 6.18 Å². The quantitative estimate of drug-likeness (QED) is 0.777. The smallest absolute Gasteiger partial charge is 0.368 e. The second-order valence-electron chi connectivity index (χ2n) is 5.32. The third-order valence-electron chi connectivity index (χ3n) is 4.17. The fourth-order valence-corrected chi connectivity index (χ4v) is 3.29. The van der Waals surface area contributed by atoms with E-state index >= 15 is 0 Å². The minimum absolute atomic E-state index is 0.284. The van der Waals surface area contributed by atoms with E-state index in [1.165, 1.54) is 18.6 Å². The van der Waals surface area contributed by atoms with E-state index in [2.05, 4.69) is 4.90 Å². The summed E-state index contributed by atoms with van der Waals surface area (Å²) in [6.07, 6.45) is -1.02. The molecule has 0 N–H and O–H groups in total. The number of rotatable bonds is 1. The van der Waals surface area contributed by atoms with E-state index in [0.717, 1.165) is 31.1 Å². The molecule has 2 bridgehead atoms. The van der Waals surface area contributed by atoms with Gasteiger partial charge in [-0.15, -0.1) is 0 Å². The highest BCUT2D eigenvalue weighted by Crippen LogP contribution is 2.41. The Morgan fingerprint density at radius 3 is 2.58 bits per heavy atom. The van der Waals surface area contributed by atoms with Crippen molar-refractivity contribution in [3.05, 3.63) is 29.3 Å². The molecule has 3 rings (SSSR count). The topological polar surface area (TPSA) is 27.0 Å². The maximum Gasteiger partial charge on any atom is 0.417 e. The van der Waals surface area contributed by atoms with Gasteiger partial charge in [0.2, 0.25) is 0 Å². The Labute approximate surface area is 109 Å². The average Bonchev–Trinajstić information content (AvgIpc) is 2.99. The molecule has 0 spiro atoms. The summed E-state index contributed by atoms with van der Waals surface area (Å²) in [6.45, 7) is 0.904. The Balaban J connectivity index is 1.95. The van der Waals surface area contributed by atoms with Gasteiger partial charge in [-0.2, -0.15) is 18.4 Å². The van der Waals surface area contributed by atoms with Crippen molar-refractivity contribution in [1.82, 2.24) is 0 Å². The summed E-state index contributed by atoms with van der Waals surface area (Å²) in [6, 6.07) is 6.00. The minimum atomic E-state index is -4.46. The normalized spacial score (nSPS) is 25.7. The number of hydrogen-bond donors (Lipinski definition) is 0. The summed E-state index contributed by atoms with van der Waals surface area (Å²) >= 11 is 0. The molecule has 2 aliphatic rings. The molecule has 19 heavy (non-hydrogen) atoms. The zero-order chi connectivity index (χ0) is 13.6. The molecule has 0 aromatic heterocycles. The summed E-state index contributed by atoms with van der Waals surface area (Å²) in [4.78, 5) is 2.15. The summed E-state index contributed by atoms with van der Waals surface area (Å²) in [5.74, 6) is 0.665. The first-order valence-electron chi connectivity index (χ1n) is 6.37. The van der Waals surface area contributed by atoms with Gasteiger partial charge in [0.25, 0.3) is 0 Å². The number of hydrogen-bond acceptors (Lipinski definition) is 2. The summed E-state index contributed by atoms with van der Waals surface area (Å²) in [5, 5.41) is 8.91. The zero-order valence-electron chi connectivity index (χ0n) is 10.2. The van der Waals surface area contributed by atoms with Crippen molar-refractivity contribution >= 4 is 5.69 Å². The van der Waals surface area contributed by atoms with Crippen LogP contribution in [0.3, 0.4) is 0 Å². The van der Waals surface area contributed by atoms with Crippen LogP contribution in [0.15, 0.2) is 18.2 Å². The van der Waals surface area contributed by atoms with Crippen LogP contribution in [0.2, 0.25) is 0 Å². The molecule has 1 aromatic rings. The van der Waals surface area contributed by atoms with Gasteiger partial charge in [-0.25, -0.2) is 0 Å². The van der Waals surface area contributed by atoms with E-state index in [1.807, 2.05) is 0 Å². The van der Waals surface area contributed by atoms with Crippen molar-refractivity contribution in [2.75, 3.05) is 11.4 Å². The van der Waals surface area contributed by atoms with Gasteiger partial charge in [0.1, 0.15) is 0 Å². The van der Waals surface area contributed by atoms with Gasteiger partial charge in [0.05, 0.1) is 17.2 Å². The summed E-state index contributed by atoms with van der Waals surface area (Å²) < 4.78 is 38.2. The van der Waals surface area contributed by atoms with Crippen LogP contribution in [0, 0.1) is 17.2 Å². The number of nitrogens with zero attached hydrogens (tertiary/aromatic N) is 2. The standard InChI is InChI=1S/C14H13F3N2/c15-14(16,17)13-4-3-12(6-10(13)7-18)19-8-9-1-2-11(19)5-9/h3-4,6,9,11H,1-2,5,8H2. The van der Waals surface area contributed by atoms with E-state index < -0.39 is 11.7 Å². The minimum Gasteiger partial charge on any atom is -0.368 e. The lowest BCUT2D eigenvalue weighted by Crippen LogP contribution is -2.31. The molecule has 1 saturated carbocycles. The van der Waals surface area contributed by atoms with Gasteiger partial charge in [-0.1, -0.05) is 0 Å². The molecular formula is C14H13F3N2. The Hall–Kier alpha value is -1.70. The van der Waals surface area contributed by atoms with Gasteiger partial charge in [-0.05, 0) is 43.4 Å². The van der Waals surface area contributed by atoms with Crippen molar-refractivity contribution < 1.29 is 13.2 Å². The molecule has 2 unspecified atom stereocenters. The van der Waals surface area contributed by atoms with Gasteiger partial charge in [-0.3, -0.25) is 0 Å². The Morgan fingerprint density at radius 1 is 1.26 bits per heavy atom. The molecule has 1 aliphatic heterocycles. The van der Waals surface area contributed by atoms with Crippen molar-refractivity contribution in [1.29, 1.82) is 5.26 Å². The molecule has 100 valence electrons. The van der Waals surface area contributed by atoms with Crippen LogP contribution in [0.4, 0.5) is 18.9 Å². The number of halogens is 3. The first-order valence-corrected chi connectivity index (χ1v) is 6.37. The van der Waals surface area contributed by atoms with Gasteiger partial charge < -0.3 is 4.90 Å². The lowest BCUT2D eigenvalue weighted by Gasteiger charge is -2.29. The number of anilines is 1. The molecule has 0 radical (unpaired) electrons. The maximum atomic E-state index is 12.7. The van der Waals surface area contributed by atoms with E-state index in [1.54, 1.807) is 6.07 Å². The number of alkyl halides is 3. The second-order valence-corrected chi connectivity index (χ2v) is 5.32. The summed E-state index contributed by atoms with van der Waals surface area (Å²) in [5.41, 5.74) is -0.382. The first-order chi connectivity index (χ1) is 8.99. The number of fused-ring (bicyclic) bond motifs is 2. The second kappa shape index (κ2) is 4.16. The van der Waals surface area contributed by atoms with E-state index in [0.29, 0.717) is 12.0 Å². The van der Waals surface area contributed by atoms with Gasteiger partial charge in [0.15, 0.2) is 0 Å². The monoisotopic (exact) mass is 266 g/mol. The molecule has 5 heteroatoms. The number of nitriles is 1. The molecule has 2 fully saturated rings. The zero-order valence-corrected chi connectivity index (χ0v) is 10.2. The molecule has 2 nitrogen and oxygen atoms in total. The van der Waals surface area contributed by atoms with Crippen LogP contribution in [0.5, 0.6) is 0 Å². The van der Waals surface area contributed by atoms with Crippen LogP contribution in [0.1, 0.15) is 30.4 Å². The van der Waals surface area contributed by atoms with Crippen LogP contribution < -0.4 is 4.90 Å². The van der Waals surface area contributed by atoms with Crippen LogP contribution in [-0.4, -0.2) is 12.6 Å². The third kappa shape index (κ3) is 2.05. The fourth-order valence-electron chi connectivity index (χ4n) is 3.29. The highest BCUT2D eigenvalue weighted by Gasteiger charge is 2.39. The Morgan fingerprint density at radius 2 is 2.05 bits per heavy atom. The predicted molar refractivity (Wildman–Crippen MR) is 64.6 cm³/mol. The lowest BCUT2D eigenvalue weighted by molar-refractivity contribution is -0.137. The molecule has 1 aliphatic carbocycles. The van der Waals surface area contributed by atoms with Gasteiger partial charge in [0, 0.05) is 18.3 Å². The Bertz CT molecular complexity index is 545. The predicted octanol–water partition coefficient (Wildman–Crippen LogP) is 3.57. The van der Waals surface area contributed by atoms with E-state index in [-0.39, 0.29) is 5.56 Å². The van der Waals surface area contributed by atoms with Crippen molar-refractivity contribution in [2.24, 2.45) is 5.92 Å². The molecule has 1 saturated heterocycles. The van der Waals surface area contributed by atoms with E-state index in [9.17, 15) is 13.2 Å². The molecule has 1 heterocycles. The lowest BCUT2D eigenvalue weighted by atomic mass is 10.0. The van der Waals surface area contributed by atoms with Crippen LogP contribution >= 0.6 is 0 Å². The highest BCUT2D eigenvalue weighted by atomic mass is 19.4. The highest BCUT2D eigenvalue weighted by molar-refractivity contribution is 5.57.